The first kappa shape index (κ1) is 21.5. The maximum Gasteiger partial charge on any atom is 0.271 e. The van der Waals surface area contributed by atoms with Crippen molar-refractivity contribution in [3.05, 3.63) is 90.5 Å². The van der Waals surface area contributed by atoms with Crippen molar-refractivity contribution in [2.24, 2.45) is 5.92 Å². The van der Waals surface area contributed by atoms with Crippen molar-refractivity contribution < 1.29 is 14.0 Å². The highest BCUT2D eigenvalue weighted by Crippen LogP contribution is 2.24. The molecule has 6 nitrogen and oxygen atoms in total. The van der Waals surface area contributed by atoms with Crippen molar-refractivity contribution in [2.75, 3.05) is 26.2 Å². The molecule has 0 saturated carbocycles. The molecule has 2 heterocycles. The van der Waals surface area contributed by atoms with Crippen LogP contribution in [-0.4, -0.2) is 58.0 Å². The molecule has 1 aromatic heterocycles. The van der Waals surface area contributed by atoms with E-state index in [0.717, 1.165) is 11.1 Å². The van der Waals surface area contributed by atoms with E-state index in [4.69, 9.17) is 0 Å². The van der Waals surface area contributed by atoms with Gasteiger partial charge in [0.2, 0.25) is 5.91 Å². The molecule has 4 rings (SSSR count). The summed E-state index contributed by atoms with van der Waals surface area (Å²) in [5.41, 5.74) is 2.68. The standard InChI is InChI=1S/C25H25FN4O2/c1-2-13-29-14-15-30(25(32)23-11-12-27-28-23)17-20(24(29)31)16-18-7-9-19(10-8-18)21-5-3-4-6-22(21)26/h2-12,20H,1,13-17H2,(H,27,28)/t20-/m1/s1. The van der Waals surface area contributed by atoms with Crippen molar-refractivity contribution in [1.29, 1.82) is 0 Å². The lowest BCUT2D eigenvalue weighted by atomic mass is 9.95. The average Bonchev–Trinajstić information content (AvgIpc) is 3.30. The number of aromatic nitrogens is 2. The molecule has 1 aliphatic rings. The molecule has 0 radical (unpaired) electrons. The van der Waals surface area contributed by atoms with Gasteiger partial charge in [0, 0.05) is 37.9 Å². The van der Waals surface area contributed by atoms with Crippen LogP contribution in [0.4, 0.5) is 4.39 Å². The highest BCUT2D eigenvalue weighted by atomic mass is 19.1. The van der Waals surface area contributed by atoms with Gasteiger partial charge in [0.15, 0.2) is 0 Å². The monoisotopic (exact) mass is 432 g/mol. The van der Waals surface area contributed by atoms with E-state index < -0.39 is 0 Å². The summed E-state index contributed by atoms with van der Waals surface area (Å²) in [6.45, 7) is 5.40. The first-order valence-corrected chi connectivity index (χ1v) is 10.6. The van der Waals surface area contributed by atoms with Gasteiger partial charge in [-0.3, -0.25) is 14.7 Å². The number of nitrogens with zero attached hydrogens (tertiary/aromatic N) is 3. The maximum absolute atomic E-state index is 14.1. The molecule has 2 amide bonds. The zero-order chi connectivity index (χ0) is 22.5. The highest BCUT2D eigenvalue weighted by molar-refractivity contribution is 5.93. The Labute approximate surface area is 186 Å². The first-order valence-electron chi connectivity index (χ1n) is 10.6. The number of benzene rings is 2. The molecule has 1 N–H and O–H groups in total. The Hall–Kier alpha value is -3.74. The van der Waals surface area contributed by atoms with Crippen molar-refractivity contribution in [2.45, 2.75) is 6.42 Å². The van der Waals surface area contributed by atoms with Crippen LogP contribution in [-0.2, 0) is 11.2 Å². The minimum Gasteiger partial charge on any atom is -0.337 e. The van der Waals surface area contributed by atoms with Crippen LogP contribution in [0.3, 0.4) is 0 Å². The fourth-order valence-corrected chi connectivity index (χ4v) is 4.06. The van der Waals surface area contributed by atoms with Crippen LogP contribution in [0.1, 0.15) is 16.1 Å². The maximum atomic E-state index is 14.1. The third kappa shape index (κ3) is 4.61. The Morgan fingerprint density at radius 3 is 2.62 bits per heavy atom. The molecule has 0 spiro atoms. The second-order valence-corrected chi connectivity index (χ2v) is 7.87. The number of carbonyl (C=O) groups is 2. The number of hydrogen-bond donors (Lipinski definition) is 1. The lowest BCUT2D eigenvalue weighted by molar-refractivity contribution is -0.134. The SMILES string of the molecule is C=CCN1CCN(C(=O)c2ccn[nH]2)C[C@@H](Cc2ccc(-c3ccccc3F)cc2)C1=O. The quantitative estimate of drug-likeness (QED) is 0.606. The van der Waals surface area contributed by atoms with E-state index in [1.54, 1.807) is 40.1 Å². The Bertz CT molecular complexity index is 1100. The minimum absolute atomic E-state index is 0.00277. The molecule has 1 saturated heterocycles. The van der Waals surface area contributed by atoms with Crippen molar-refractivity contribution >= 4 is 11.8 Å². The topological polar surface area (TPSA) is 69.3 Å². The summed E-state index contributed by atoms with van der Waals surface area (Å²) >= 11 is 0. The van der Waals surface area contributed by atoms with E-state index >= 15 is 0 Å². The van der Waals surface area contributed by atoms with E-state index in [-0.39, 0.29) is 23.5 Å². The average molecular weight is 432 g/mol. The molecule has 0 bridgehead atoms. The van der Waals surface area contributed by atoms with Crippen molar-refractivity contribution in [1.82, 2.24) is 20.0 Å². The van der Waals surface area contributed by atoms with Crippen LogP contribution in [0.2, 0.25) is 0 Å². The van der Waals surface area contributed by atoms with Crippen LogP contribution in [0.5, 0.6) is 0 Å². The van der Waals surface area contributed by atoms with E-state index in [1.165, 1.54) is 12.3 Å². The fraction of sp³-hybridized carbons (Fsp3) is 0.240. The summed E-state index contributed by atoms with van der Waals surface area (Å²) in [6, 6.07) is 15.8. The van der Waals surface area contributed by atoms with E-state index in [9.17, 15) is 14.0 Å². The highest BCUT2D eigenvalue weighted by Gasteiger charge is 2.32. The Morgan fingerprint density at radius 2 is 1.94 bits per heavy atom. The molecule has 3 aromatic rings. The van der Waals surface area contributed by atoms with E-state index in [1.807, 2.05) is 24.3 Å². The molecular weight excluding hydrogens is 407 g/mol. The summed E-state index contributed by atoms with van der Waals surface area (Å²) in [4.78, 5) is 29.5. The van der Waals surface area contributed by atoms with Gasteiger partial charge < -0.3 is 9.80 Å². The molecule has 1 fully saturated rings. The number of aromatic amines is 1. The van der Waals surface area contributed by atoms with Crippen LogP contribution in [0.15, 0.2) is 73.4 Å². The number of nitrogens with one attached hydrogen (secondary N) is 1. The van der Waals surface area contributed by atoms with Crippen LogP contribution < -0.4 is 0 Å². The summed E-state index contributed by atoms with van der Waals surface area (Å²) in [5.74, 6) is -0.825. The van der Waals surface area contributed by atoms with Crippen molar-refractivity contribution in [3.63, 3.8) is 0 Å². The van der Waals surface area contributed by atoms with Gasteiger partial charge in [-0.25, -0.2) is 4.39 Å². The molecule has 1 aliphatic heterocycles. The predicted molar refractivity (Wildman–Crippen MR) is 120 cm³/mol. The fourth-order valence-electron chi connectivity index (χ4n) is 4.06. The van der Waals surface area contributed by atoms with E-state index in [0.29, 0.717) is 43.9 Å². The smallest absolute Gasteiger partial charge is 0.271 e. The lowest BCUT2D eigenvalue weighted by Gasteiger charge is -2.23. The second-order valence-electron chi connectivity index (χ2n) is 7.87. The van der Waals surface area contributed by atoms with Gasteiger partial charge >= 0.3 is 0 Å². The minimum atomic E-state index is -0.386. The second kappa shape index (κ2) is 9.60. The third-order valence-corrected chi connectivity index (χ3v) is 5.73. The van der Waals surface area contributed by atoms with Gasteiger partial charge in [-0.05, 0) is 29.7 Å². The van der Waals surface area contributed by atoms with E-state index in [2.05, 4.69) is 16.8 Å². The summed E-state index contributed by atoms with van der Waals surface area (Å²) < 4.78 is 14.1. The zero-order valence-corrected chi connectivity index (χ0v) is 17.7. The number of carbonyl (C=O) groups excluding carboxylic acids is 2. The van der Waals surface area contributed by atoms with Gasteiger partial charge in [0.05, 0.1) is 5.92 Å². The Balaban J connectivity index is 1.55. The predicted octanol–water partition coefficient (Wildman–Crippen LogP) is 3.55. The number of rotatable bonds is 6. The molecular formula is C25H25FN4O2. The largest absolute Gasteiger partial charge is 0.337 e. The van der Waals surface area contributed by atoms with Crippen LogP contribution in [0.25, 0.3) is 11.1 Å². The Morgan fingerprint density at radius 1 is 1.16 bits per heavy atom. The number of hydrogen-bond acceptors (Lipinski definition) is 3. The van der Waals surface area contributed by atoms with Crippen molar-refractivity contribution in [3.8, 4) is 11.1 Å². The zero-order valence-electron chi connectivity index (χ0n) is 17.7. The summed E-state index contributed by atoms with van der Waals surface area (Å²) in [7, 11) is 0. The molecule has 0 aliphatic carbocycles. The van der Waals surface area contributed by atoms with Crippen LogP contribution in [0, 0.1) is 11.7 Å². The van der Waals surface area contributed by atoms with Gasteiger partial charge in [0.1, 0.15) is 11.5 Å². The molecule has 2 aromatic carbocycles. The molecule has 164 valence electrons. The third-order valence-electron chi connectivity index (χ3n) is 5.73. The number of H-pyrrole nitrogens is 1. The number of amides is 2. The normalized spacial score (nSPS) is 16.7. The number of halogens is 1. The summed E-state index contributed by atoms with van der Waals surface area (Å²) in [5, 5.41) is 6.56. The van der Waals surface area contributed by atoms with Gasteiger partial charge in [0.25, 0.3) is 5.91 Å². The van der Waals surface area contributed by atoms with Gasteiger partial charge in [-0.1, -0.05) is 48.5 Å². The first-order chi connectivity index (χ1) is 15.6. The molecule has 7 heteroatoms. The summed E-state index contributed by atoms with van der Waals surface area (Å²) in [6.07, 6.45) is 3.72. The van der Waals surface area contributed by atoms with Crippen LogP contribution >= 0.6 is 0 Å². The van der Waals surface area contributed by atoms with Gasteiger partial charge in [-0.2, -0.15) is 5.10 Å². The molecule has 32 heavy (non-hydrogen) atoms. The van der Waals surface area contributed by atoms with Gasteiger partial charge in [-0.15, -0.1) is 6.58 Å². The molecule has 1 atom stereocenters. The molecule has 0 unspecified atom stereocenters. The lowest BCUT2D eigenvalue weighted by Crippen LogP contribution is -2.38. The Kier molecular flexibility index (Phi) is 6.44.